The van der Waals surface area contributed by atoms with Crippen molar-refractivity contribution in [3.05, 3.63) is 74.9 Å². The minimum atomic E-state index is -0.434. The van der Waals surface area contributed by atoms with E-state index < -0.39 is 11.7 Å². The number of halogens is 3. The smallest absolute Gasteiger partial charge is 0.225 e. The van der Waals surface area contributed by atoms with Gasteiger partial charge in [-0.3, -0.25) is 4.79 Å². The summed E-state index contributed by atoms with van der Waals surface area (Å²) in [5.41, 5.74) is 2.58. The monoisotopic (exact) mass is 375 g/mol. The molecule has 0 spiro atoms. The van der Waals surface area contributed by atoms with E-state index in [1.165, 1.54) is 29.5 Å². The number of hydrogen-bond donors (Lipinski definition) is 1. The first-order valence-corrected chi connectivity index (χ1v) is 8.91. The van der Waals surface area contributed by atoms with Gasteiger partial charge in [-0.2, -0.15) is 0 Å². The van der Waals surface area contributed by atoms with Crippen molar-refractivity contribution in [2.24, 2.45) is 0 Å². The second-order valence-electron chi connectivity index (χ2n) is 5.84. The summed E-state index contributed by atoms with van der Waals surface area (Å²) in [7, 11) is 0. The molecule has 0 unspecified atom stereocenters. The molecule has 3 aromatic rings. The van der Waals surface area contributed by atoms with Crippen LogP contribution in [0.1, 0.15) is 22.8 Å². The van der Waals surface area contributed by atoms with E-state index in [2.05, 4.69) is 5.32 Å². The molecule has 1 N–H and O–H groups in total. The first-order chi connectivity index (χ1) is 12.0. The molecular formula is C19H12ClF2NOS. The van der Waals surface area contributed by atoms with Crippen LogP contribution in [0.25, 0.3) is 11.1 Å². The first-order valence-electron chi connectivity index (χ1n) is 7.65. The SMILES string of the molecule is O=C1C[C@@H](c2c(F)cccc2Cl)c2scc(-c3ccc(F)cc3)c2N1. The molecule has 0 radical (unpaired) electrons. The van der Waals surface area contributed by atoms with Gasteiger partial charge in [0.25, 0.3) is 0 Å². The molecule has 1 aromatic heterocycles. The molecule has 0 saturated carbocycles. The Morgan fingerprint density at radius 3 is 2.60 bits per heavy atom. The highest BCUT2D eigenvalue weighted by Crippen LogP contribution is 2.48. The van der Waals surface area contributed by atoms with Crippen molar-refractivity contribution in [1.82, 2.24) is 0 Å². The lowest BCUT2D eigenvalue weighted by Crippen LogP contribution is -2.23. The predicted molar refractivity (Wildman–Crippen MR) is 96.2 cm³/mol. The number of anilines is 1. The van der Waals surface area contributed by atoms with E-state index in [4.69, 9.17) is 11.6 Å². The average Bonchev–Trinajstić information content (AvgIpc) is 2.99. The fourth-order valence-corrected chi connectivity index (χ4v) is 4.58. The van der Waals surface area contributed by atoms with Crippen LogP contribution in [0.4, 0.5) is 14.5 Å². The van der Waals surface area contributed by atoms with E-state index >= 15 is 0 Å². The molecular weight excluding hydrogens is 364 g/mol. The summed E-state index contributed by atoms with van der Waals surface area (Å²) >= 11 is 7.65. The lowest BCUT2D eigenvalue weighted by molar-refractivity contribution is -0.116. The van der Waals surface area contributed by atoms with Gasteiger partial charge in [-0.1, -0.05) is 29.8 Å². The summed E-state index contributed by atoms with van der Waals surface area (Å²) in [5.74, 6) is -1.38. The van der Waals surface area contributed by atoms with Gasteiger partial charge in [-0.15, -0.1) is 11.3 Å². The van der Waals surface area contributed by atoms with E-state index in [9.17, 15) is 13.6 Å². The number of benzene rings is 2. The number of thiophene rings is 1. The van der Waals surface area contributed by atoms with Crippen molar-refractivity contribution >= 4 is 34.5 Å². The minimum absolute atomic E-state index is 0.136. The lowest BCUT2D eigenvalue weighted by Gasteiger charge is -2.25. The van der Waals surface area contributed by atoms with Gasteiger partial charge in [0.05, 0.1) is 5.69 Å². The Labute approximate surface area is 152 Å². The molecule has 2 aromatic carbocycles. The largest absolute Gasteiger partial charge is 0.325 e. The first kappa shape index (κ1) is 16.2. The second kappa shape index (κ2) is 6.24. The summed E-state index contributed by atoms with van der Waals surface area (Å²) in [6.07, 6.45) is 0.136. The summed E-state index contributed by atoms with van der Waals surface area (Å²) in [6.45, 7) is 0. The van der Waals surface area contributed by atoms with Gasteiger partial charge in [0.1, 0.15) is 11.6 Å². The average molecular weight is 376 g/mol. The number of carbonyl (C=O) groups excluding carboxylic acids is 1. The molecule has 1 aliphatic rings. The van der Waals surface area contributed by atoms with Gasteiger partial charge >= 0.3 is 0 Å². The Morgan fingerprint density at radius 2 is 1.88 bits per heavy atom. The molecule has 2 heterocycles. The van der Waals surface area contributed by atoms with Crippen molar-refractivity contribution < 1.29 is 13.6 Å². The topological polar surface area (TPSA) is 29.1 Å². The molecule has 6 heteroatoms. The highest BCUT2D eigenvalue weighted by molar-refractivity contribution is 7.11. The van der Waals surface area contributed by atoms with E-state index in [-0.39, 0.29) is 18.1 Å². The van der Waals surface area contributed by atoms with Crippen LogP contribution < -0.4 is 5.32 Å². The number of rotatable bonds is 2. The Bertz CT molecular complexity index is 948. The summed E-state index contributed by atoms with van der Waals surface area (Å²) < 4.78 is 27.6. The minimum Gasteiger partial charge on any atom is -0.325 e. The van der Waals surface area contributed by atoms with Crippen LogP contribution in [0, 0.1) is 11.6 Å². The number of hydrogen-bond acceptors (Lipinski definition) is 2. The molecule has 0 saturated heterocycles. The zero-order valence-corrected chi connectivity index (χ0v) is 14.4. The van der Waals surface area contributed by atoms with Crippen molar-refractivity contribution in [2.45, 2.75) is 12.3 Å². The standard InChI is InChI=1S/C19H12ClF2NOS/c20-14-2-1-3-15(22)17(14)12-8-16(24)23-18-13(9-25-19(12)18)10-4-6-11(21)7-5-10/h1-7,9,12H,8H2,(H,23,24)/t12-/m0/s1. The van der Waals surface area contributed by atoms with Crippen LogP contribution in [-0.2, 0) is 4.79 Å². The summed E-state index contributed by atoms with van der Waals surface area (Å²) in [5, 5.41) is 5.07. The fraction of sp³-hybridized carbons (Fsp3) is 0.105. The molecule has 0 fully saturated rings. The van der Waals surface area contributed by atoms with E-state index in [1.807, 2.05) is 5.38 Å². The van der Waals surface area contributed by atoms with Crippen LogP contribution in [0.3, 0.4) is 0 Å². The van der Waals surface area contributed by atoms with Crippen molar-refractivity contribution in [2.75, 3.05) is 5.32 Å². The Hall–Kier alpha value is -2.24. The van der Waals surface area contributed by atoms with Crippen molar-refractivity contribution in [3.63, 3.8) is 0 Å². The molecule has 25 heavy (non-hydrogen) atoms. The van der Waals surface area contributed by atoms with Crippen molar-refractivity contribution in [1.29, 1.82) is 0 Å². The number of amides is 1. The van der Waals surface area contributed by atoms with Crippen LogP contribution in [0.5, 0.6) is 0 Å². The molecule has 2 nitrogen and oxygen atoms in total. The number of nitrogens with one attached hydrogen (secondary N) is 1. The molecule has 4 rings (SSSR count). The molecule has 126 valence electrons. The predicted octanol–water partition coefficient (Wildman–Crippen LogP) is 5.82. The number of fused-ring (bicyclic) bond motifs is 1. The van der Waals surface area contributed by atoms with Gasteiger partial charge in [-0.25, -0.2) is 8.78 Å². The maximum Gasteiger partial charge on any atom is 0.225 e. The van der Waals surface area contributed by atoms with Crippen LogP contribution in [0.15, 0.2) is 47.8 Å². The van der Waals surface area contributed by atoms with Gasteiger partial charge < -0.3 is 5.32 Å². The van der Waals surface area contributed by atoms with Crippen LogP contribution >= 0.6 is 22.9 Å². The zero-order valence-electron chi connectivity index (χ0n) is 12.9. The van der Waals surface area contributed by atoms with E-state index in [0.29, 0.717) is 16.3 Å². The summed E-state index contributed by atoms with van der Waals surface area (Å²) in [4.78, 5) is 13.1. The van der Waals surface area contributed by atoms with Crippen LogP contribution in [0.2, 0.25) is 5.02 Å². The van der Waals surface area contributed by atoms with Gasteiger partial charge in [0.15, 0.2) is 0 Å². The lowest BCUT2D eigenvalue weighted by atomic mass is 9.88. The highest BCUT2D eigenvalue weighted by Gasteiger charge is 2.33. The normalized spacial score (nSPS) is 16.4. The third-order valence-electron chi connectivity index (χ3n) is 4.29. The third-order valence-corrected chi connectivity index (χ3v) is 5.72. The van der Waals surface area contributed by atoms with Gasteiger partial charge in [0, 0.05) is 38.7 Å². The summed E-state index contributed by atoms with van der Waals surface area (Å²) in [6, 6.07) is 10.6. The molecule has 0 bridgehead atoms. The fourth-order valence-electron chi connectivity index (χ4n) is 3.15. The zero-order chi connectivity index (χ0) is 17.6. The second-order valence-corrected chi connectivity index (χ2v) is 7.15. The maximum absolute atomic E-state index is 14.4. The van der Waals surface area contributed by atoms with Gasteiger partial charge in [-0.05, 0) is 29.8 Å². The number of carbonyl (C=O) groups is 1. The molecule has 1 aliphatic heterocycles. The van der Waals surface area contributed by atoms with Crippen molar-refractivity contribution in [3.8, 4) is 11.1 Å². The third kappa shape index (κ3) is 2.83. The van der Waals surface area contributed by atoms with E-state index in [0.717, 1.165) is 16.0 Å². The molecule has 1 atom stereocenters. The quantitative estimate of drug-likeness (QED) is 0.600. The molecule has 0 aliphatic carbocycles. The Balaban J connectivity index is 1.86. The highest BCUT2D eigenvalue weighted by atomic mass is 35.5. The Kier molecular flexibility index (Phi) is 4.06. The molecule has 1 amide bonds. The van der Waals surface area contributed by atoms with E-state index in [1.54, 1.807) is 24.3 Å². The van der Waals surface area contributed by atoms with Crippen LogP contribution in [-0.4, -0.2) is 5.91 Å². The maximum atomic E-state index is 14.4. The Morgan fingerprint density at radius 1 is 1.12 bits per heavy atom. The van der Waals surface area contributed by atoms with Gasteiger partial charge in [0.2, 0.25) is 5.91 Å².